The van der Waals surface area contributed by atoms with Crippen molar-refractivity contribution in [2.24, 2.45) is 0 Å². The zero-order valence-corrected chi connectivity index (χ0v) is 16.2. The Morgan fingerprint density at radius 2 is 2.04 bits per heavy atom. The van der Waals surface area contributed by atoms with Crippen LogP contribution in [0.3, 0.4) is 0 Å². The first-order valence-corrected chi connectivity index (χ1v) is 9.39. The minimum Gasteiger partial charge on any atom is -0.353 e. The highest BCUT2D eigenvalue weighted by atomic mass is 16.2. The summed E-state index contributed by atoms with van der Waals surface area (Å²) in [6.45, 7) is 8.01. The first-order valence-electron chi connectivity index (χ1n) is 9.39. The molecule has 0 unspecified atom stereocenters. The molecule has 27 heavy (non-hydrogen) atoms. The Labute approximate surface area is 159 Å². The molecule has 0 aliphatic carbocycles. The lowest BCUT2D eigenvalue weighted by atomic mass is 10.0. The molecular formula is C20H27N5O2. The lowest BCUT2D eigenvalue weighted by molar-refractivity contribution is -0.130. The number of nitrogens with one attached hydrogen (secondary N) is 2. The van der Waals surface area contributed by atoms with Gasteiger partial charge in [0.2, 0.25) is 11.8 Å². The molecule has 0 bridgehead atoms. The van der Waals surface area contributed by atoms with Crippen LogP contribution in [0.1, 0.15) is 23.9 Å². The fraction of sp³-hybridized carbons (Fsp3) is 0.450. The molecule has 1 aliphatic rings. The standard InChI is InChI=1S/C20H27N5O2/c1-4-25-15(3)19(14(2)23-25)22-18(26)13-24-11-10-21-20(27)17(24)12-16-8-6-5-7-9-16/h5-9,17H,4,10-13H2,1-3H3,(H,21,27)(H,22,26)/t17-/m1/s1. The number of rotatable bonds is 6. The fourth-order valence-corrected chi connectivity index (χ4v) is 3.56. The van der Waals surface area contributed by atoms with Crippen molar-refractivity contribution in [2.45, 2.75) is 39.8 Å². The van der Waals surface area contributed by atoms with E-state index in [0.717, 1.165) is 29.2 Å². The van der Waals surface area contributed by atoms with E-state index in [1.165, 1.54) is 0 Å². The van der Waals surface area contributed by atoms with Crippen LogP contribution in [0.15, 0.2) is 30.3 Å². The SMILES string of the molecule is CCn1nc(C)c(NC(=O)CN2CCNC(=O)[C@H]2Cc2ccccc2)c1C. The summed E-state index contributed by atoms with van der Waals surface area (Å²) >= 11 is 0. The summed E-state index contributed by atoms with van der Waals surface area (Å²) in [7, 11) is 0. The third-order valence-corrected chi connectivity index (χ3v) is 5.01. The molecule has 2 aromatic rings. The number of carbonyl (C=O) groups excluding carboxylic acids is 2. The van der Waals surface area contributed by atoms with Crippen LogP contribution in [0.4, 0.5) is 5.69 Å². The highest BCUT2D eigenvalue weighted by Crippen LogP contribution is 2.19. The Balaban J connectivity index is 1.69. The van der Waals surface area contributed by atoms with Crippen LogP contribution >= 0.6 is 0 Å². The maximum atomic E-state index is 12.7. The second kappa shape index (κ2) is 8.35. The largest absolute Gasteiger partial charge is 0.353 e. The Morgan fingerprint density at radius 3 is 2.70 bits per heavy atom. The van der Waals surface area contributed by atoms with E-state index in [2.05, 4.69) is 15.7 Å². The van der Waals surface area contributed by atoms with Crippen molar-refractivity contribution in [3.05, 3.63) is 47.3 Å². The summed E-state index contributed by atoms with van der Waals surface area (Å²) < 4.78 is 1.87. The summed E-state index contributed by atoms with van der Waals surface area (Å²) in [4.78, 5) is 27.0. The van der Waals surface area contributed by atoms with Gasteiger partial charge in [-0.25, -0.2) is 0 Å². The number of hydrogen-bond acceptors (Lipinski definition) is 4. The van der Waals surface area contributed by atoms with E-state index in [1.807, 2.05) is 60.7 Å². The fourth-order valence-electron chi connectivity index (χ4n) is 3.56. The van der Waals surface area contributed by atoms with Crippen molar-refractivity contribution in [2.75, 3.05) is 25.0 Å². The van der Waals surface area contributed by atoms with E-state index < -0.39 is 0 Å². The number of aromatic nitrogens is 2. The lowest BCUT2D eigenvalue weighted by Gasteiger charge is -2.34. The minimum absolute atomic E-state index is 0.0240. The van der Waals surface area contributed by atoms with Gasteiger partial charge in [0.25, 0.3) is 0 Å². The van der Waals surface area contributed by atoms with E-state index in [1.54, 1.807) is 0 Å². The highest BCUT2D eigenvalue weighted by Gasteiger charge is 2.31. The Hall–Kier alpha value is -2.67. The summed E-state index contributed by atoms with van der Waals surface area (Å²) in [5.74, 6) is -0.145. The smallest absolute Gasteiger partial charge is 0.238 e. The number of anilines is 1. The molecule has 144 valence electrons. The van der Waals surface area contributed by atoms with Gasteiger partial charge in [-0.05, 0) is 32.8 Å². The van der Waals surface area contributed by atoms with Crippen LogP contribution in [0.25, 0.3) is 0 Å². The van der Waals surface area contributed by atoms with Gasteiger partial charge in [0, 0.05) is 19.6 Å². The third-order valence-electron chi connectivity index (χ3n) is 5.01. The molecule has 1 fully saturated rings. The molecule has 2 heterocycles. The summed E-state index contributed by atoms with van der Waals surface area (Å²) in [5.41, 5.74) is 3.60. The molecule has 1 aromatic heterocycles. The molecule has 1 aliphatic heterocycles. The van der Waals surface area contributed by atoms with E-state index in [0.29, 0.717) is 19.5 Å². The molecule has 1 saturated heterocycles. The van der Waals surface area contributed by atoms with Gasteiger partial charge >= 0.3 is 0 Å². The quantitative estimate of drug-likeness (QED) is 0.809. The number of benzene rings is 1. The Kier molecular flexibility index (Phi) is 5.91. The first kappa shape index (κ1) is 19.1. The normalized spacial score (nSPS) is 17.6. The summed E-state index contributed by atoms with van der Waals surface area (Å²) in [5, 5.41) is 10.3. The molecule has 7 nitrogen and oxygen atoms in total. The van der Waals surface area contributed by atoms with Crippen molar-refractivity contribution >= 4 is 17.5 Å². The highest BCUT2D eigenvalue weighted by molar-refractivity contribution is 5.94. The number of aryl methyl sites for hydroxylation is 2. The molecule has 3 rings (SSSR count). The average Bonchev–Trinajstić information content (AvgIpc) is 2.93. The van der Waals surface area contributed by atoms with Gasteiger partial charge in [0.05, 0.1) is 29.7 Å². The third kappa shape index (κ3) is 4.36. The van der Waals surface area contributed by atoms with Crippen LogP contribution in [0, 0.1) is 13.8 Å². The first-order chi connectivity index (χ1) is 13.0. The zero-order valence-electron chi connectivity index (χ0n) is 16.2. The van der Waals surface area contributed by atoms with E-state index in [4.69, 9.17) is 0 Å². The van der Waals surface area contributed by atoms with Crippen LogP contribution < -0.4 is 10.6 Å². The van der Waals surface area contributed by atoms with Crippen LogP contribution in [-0.2, 0) is 22.6 Å². The number of nitrogens with zero attached hydrogens (tertiary/aromatic N) is 3. The molecule has 0 spiro atoms. The number of piperazine rings is 1. The van der Waals surface area contributed by atoms with Gasteiger partial charge in [-0.3, -0.25) is 19.2 Å². The van der Waals surface area contributed by atoms with Gasteiger partial charge in [-0.2, -0.15) is 5.10 Å². The maximum Gasteiger partial charge on any atom is 0.238 e. The number of hydrogen-bond donors (Lipinski definition) is 2. The number of amides is 2. The second-order valence-corrected chi connectivity index (χ2v) is 6.88. The predicted octanol–water partition coefficient (Wildman–Crippen LogP) is 1.50. The van der Waals surface area contributed by atoms with Crippen LogP contribution in [-0.4, -0.2) is 52.2 Å². The molecule has 2 amide bonds. The molecule has 7 heteroatoms. The molecule has 2 N–H and O–H groups in total. The van der Waals surface area contributed by atoms with Gasteiger partial charge in [0.15, 0.2) is 0 Å². The minimum atomic E-state index is -0.340. The predicted molar refractivity (Wildman–Crippen MR) is 105 cm³/mol. The van der Waals surface area contributed by atoms with Crippen molar-refractivity contribution in [1.82, 2.24) is 20.0 Å². The Bertz CT molecular complexity index is 815. The van der Waals surface area contributed by atoms with E-state index in [9.17, 15) is 9.59 Å². The van der Waals surface area contributed by atoms with Crippen LogP contribution in [0.2, 0.25) is 0 Å². The lowest BCUT2D eigenvalue weighted by Crippen LogP contribution is -2.57. The van der Waals surface area contributed by atoms with Gasteiger partial charge < -0.3 is 10.6 Å². The van der Waals surface area contributed by atoms with Crippen molar-refractivity contribution in [3.8, 4) is 0 Å². The van der Waals surface area contributed by atoms with Crippen LogP contribution in [0.5, 0.6) is 0 Å². The second-order valence-electron chi connectivity index (χ2n) is 6.88. The van der Waals surface area contributed by atoms with Gasteiger partial charge in [-0.15, -0.1) is 0 Å². The van der Waals surface area contributed by atoms with Crippen molar-refractivity contribution in [1.29, 1.82) is 0 Å². The summed E-state index contributed by atoms with van der Waals surface area (Å²) in [6, 6.07) is 9.55. The van der Waals surface area contributed by atoms with E-state index >= 15 is 0 Å². The maximum absolute atomic E-state index is 12.7. The monoisotopic (exact) mass is 369 g/mol. The molecular weight excluding hydrogens is 342 g/mol. The number of carbonyl (C=O) groups is 2. The van der Waals surface area contributed by atoms with Gasteiger partial charge in [-0.1, -0.05) is 30.3 Å². The molecule has 1 atom stereocenters. The molecule has 0 radical (unpaired) electrons. The average molecular weight is 369 g/mol. The van der Waals surface area contributed by atoms with Crippen molar-refractivity contribution < 1.29 is 9.59 Å². The Morgan fingerprint density at radius 1 is 1.30 bits per heavy atom. The molecule has 0 saturated carbocycles. The van der Waals surface area contributed by atoms with Gasteiger partial charge in [0.1, 0.15) is 0 Å². The summed E-state index contributed by atoms with van der Waals surface area (Å²) in [6.07, 6.45) is 0.589. The molecule has 1 aromatic carbocycles. The topological polar surface area (TPSA) is 79.3 Å². The zero-order chi connectivity index (χ0) is 19.4. The van der Waals surface area contributed by atoms with E-state index in [-0.39, 0.29) is 24.4 Å². The van der Waals surface area contributed by atoms with Crippen molar-refractivity contribution in [3.63, 3.8) is 0 Å².